The molecule has 1 N–H and O–H groups in total. The number of fused-ring (bicyclic) bond motifs is 1. The summed E-state index contributed by atoms with van der Waals surface area (Å²) in [6.45, 7) is 0.340. The molecule has 4 aromatic rings. The van der Waals surface area contributed by atoms with Gasteiger partial charge in [0.1, 0.15) is 5.69 Å². The van der Waals surface area contributed by atoms with E-state index in [1.54, 1.807) is 0 Å². The van der Waals surface area contributed by atoms with Gasteiger partial charge in [-0.1, -0.05) is 65.3 Å². The van der Waals surface area contributed by atoms with Gasteiger partial charge in [0, 0.05) is 28.7 Å². The van der Waals surface area contributed by atoms with E-state index >= 15 is 0 Å². The Bertz CT molecular complexity index is 1200. The predicted octanol–water partition coefficient (Wildman–Crippen LogP) is 5.35. The molecule has 5 rings (SSSR count). The van der Waals surface area contributed by atoms with Gasteiger partial charge in [-0.3, -0.25) is 4.79 Å². The van der Waals surface area contributed by atoms with E-state index in [4.69, 9.17) is 16.1 Å². The third kappa shape index (κ3) is 3.49. The van der Waals surface area contributed by atoms with E-state index in [1.807, 2.05) is 60.7 Å². The van der Waals surface area contributed by atoms with Crippen LogP contribution in [-0.2, 0) is 6.54 Å². The van der Waals surface area contributed by atoms with Crippen LogP contribution in [-0.4, -0.2) is 16.0 Å². The lowest BCUT2D eigenvalue weighted by atomic mass is 10.0. The van der Waals surface area contributed by atoms with Crippen LogP contribution >= 0.6 is 11.6 Å². The zero-order valence-corrected chi connectivity index (χ0v) is 16.3. The van der Waals surface area contributed by atoms with Gasteiger partial charge in [0.2, 0.25) is 0 Å². The number of pyridine rings is 1. The summed E-state index contributed by atoms with van der Waals surface area (Å²) < 4.78 is 5.53. The van der Waals surface area contributed by atoms with Gasteiger partial charge in [0.25, 0.3) is 11.6 Å². The normalized spacial score (nSPS) is 13.6. The summed E-state index contributed by atoms with van der Waals surface area (Å²) in [5.41, 5.74) is 4.19. The second-order valence-electron chi connectivity index (χ2n) is 7.22. The lowest BCUT2D eigenvalue weighted by Gasteiger charge is -2.09. The van der Waals surface area contributed by atoms with Crippen LogP contribution < -0.4 is 5.32 Å². The fourth-order valence-electron chi connectivity index (χ4n) is 3.44. The van der Waals surface area contributed by atoms with Gasteiger partial charge < -0.3 is 9.84 Å². The average Bonchev–Trinajstić information content (AvgIpc) is 3.52. The minimum absolute atomic E-state index is 0.195. The van der Waals surface area contributed by atoms with Crippen LogP contribution in [0.5, 0.6) is 0 Å². The summed E-state index contributed by atoms with van der Waals surface area (Å²) in [5, 5.41) is 8.47. The number of nitrogens with one attached hydrogen (secondary N) is 1. The number of amides is 1. The second-order valence-corrected chi connectivity index (χ2v) is 7.63. The van der Waals surface area contributed by atoms with E-state index in [9.17, 15) is 4.79 Å². The SMILES string of the molecule is O=C(NCc1ccccc1Cl)c1cc(C2CC2)nc2onc(-c3ccccc3)c12. The molecule has 1 fully saturated rings. The average molecular weight is 404 g/mol. The molecule has 0 bridgehead atoms. The maximum absolute atomic E-state index is 13.2. The first kappa shape index (κ1) is 17.9. The summed E-state index contributed by atoms with van der Waals surface area (Å²) in [6, 6.07) is 19.0. The van der Waals surface area contributed by atoms with Crippen LogP contribution in [0.15, 0.2) is 65.2 Å². The number of halogens is 1. The number of hydrogen-bond acceptors (Lipinski definition) is 4. The van der Waals surface area contributed by atoms with Crippen molar-refractivity contribution < 1.29 is 9.32 Å². The van der Waals surface area contributed by atoms with Crippen molar-refractivity contribution in [3.8, 4) is 11.3 Å². The Kier molecular flexibility index (Phi) is 4.52. The summed E-state index contributed by atoms with van der Waals surface area (Å²) in [6.07, 6.45) is 2.16. The molecular formula is C23H18ClN3O2. The summed E-state index contributed by atoms with van der Waals surface area (Å²) in [7, 11) is 0. The number of carbonyl (C=O) groups excluding carboxylic acids is 1. The first-order valence-corrected chi connectivity index (χ1v) is 9.96. The number of hydrogen-bond donors (Lipinski definition) is 1. The molecule has 0 radical (unpaired) electrons. The lowest BCUT2D eigenvalue weighted by molar-refractivity contribution is 0.0952. The van der Waals surface area contributed by atoms with E-state index in [2.05, 4.69) is 15.5 Å². The van der Waals surface area contributed by atoms with Crippen LogP contribution in [0.2, 0.25) is 5.02 Å². The largest absolute Gasteiger partial charge is 0.348 e. The van der Waals surface area contributed by atoms with Crippen molar-refractivity contribution >= 4 is 28.6 Å². The first-order chi connectivity index (χ1) is 14.2. The Labute approximate surface area is 172 Å². The summed E-state index contributed by atoms with van der Waals surface area (Å²) >= 11 is 6.23. The van der Waals surface area contributed by atoms with E-state index in [1.165, 1.54) is 0 Å². The molecule has 0 atom stereocenters. The molecule has 2 aromatic carbocycles. The van der Waals surface area contributed by atoms with Crippen molar-refractivity contribution in [2.24, 2.45) is 0 Å². The van der Waals surface area contributed by atoms with Gasteiger partial charge in [-0.25, -0.2) is 4.98 Å². The third-order valence-electron chi connectivity index (χ3n) is 5.15. The van der Waals surface area contributed by atoms with Gasteiger partial charge in [-0.05, 0) is 30.5 Å². The van der Waals surface area contributed by atoms with Crippen molar-refractivity contribution in [3.05, 3.63) is 82.5 Å². The van der Waals surface area contributed by atoms with E-state index in [-0.39, 0.29) is 5.91 Å². The fraction of sp³-hybridized carbons (Fsp3) is 0.174. The zero-order valence-electron chi connectivity index (χ0n) is 15.6. The molecule has 6 heteroatoms. The number of rotatable bonds is 5. The molecule has 2 aromatic heterocycles. The molecule has 0 saturated heterocycles. The number of nitrogens with zero attached hydrogens (tertiary/aromatic N) is 2. The zero-order chi connectivity index (χ0) is 19.8. The molecule has 144 valence electrons. The van der Waals surface area contributed by atoms with Crippen molar-refractivity contribution in [1.29, 1.82) is 0 Å². The maximum Gasteiger partial charge on any atom is 0.259 e. The van der Waals surface area contributed by atoms with Gasteiger partial charge in [-0.2, -0.15) is 0 Å². The Morgan fingerprint density at radius 3 is 2.62 bits per heavy atom. The van der Waals surface area contributed by atoms with E-state index < -0.39 is 0 Å². The number of benzene rings is 2. The molecule has 29 heavy (non-hydrogen) atoms. The highest BCUT2D eigenvalue weighted by Gasteiger charge is 2.29. The van der Waals surface area contributed by atoms with Crippen LogP contribution in [0.4, 0.5) is 0 Å². The molecular weight excluding hydrogens is 386 g/mol. The van der Waals surface area contributed by atoms with Crippen molar-refractivity contribution in [3.63, 3.8) is 0 Å². The van der Waals surface area contributed by atoms with Crippen LogP contribution in [0.25, 0.3) is 22.4 Å². The standard InChI is InChI=1S/C23H18ClN3O2/c24-18-9-5-4-8-16(18)13-25-22(28)17-12-19(14-10-11-14)26-23-20(17)21(27-29-23)15-6-2-1-3-7-15/h1-9,12,14H,10-11,13H2,(H,25,28). The van der Waals surface area contributed by atoms with Crippen molar-refractivity contribution in [2.45, 2.75) is 25.3 Å². The highest BCUT2D eigenvalue weighted by atomic mass is 35.5. The van der Waals surface area contributed by atoms with Crippen LogP contribution in [0, 0.1) is 0 Å². The Balaban J connectivity index is 1.56. The molecule has 5 nitrogen and oxygen atoms in total. The monoisotopic (exact) mass is 403 g/mol. The number of carbonyl (C=O) groups is 1. The molecule has 1 aliphatic rings. The van der Waals surface area contributed by atoms with Gasteiger partial charge in [-0.15, -0.1) is 0 Å². The molecule has 0 spiro atoms. The predicted molar refractivity (Wildman–Crippen MR) is 112 cm³/mol. The minimum atomic E-state index is -0.195. The van der Waals surface area contributed by atoms with Crippen molar-refractivity contribution in [2.75, 3.05) is 0 Å². The summed E-state index contributed by atoms with van der Waals surface area (Å²) in [4.78, 5) is 17.8. The quantitative estimate of drug-likeness (QED) is 0.487. The Morgan fingerprint density at radius 2 is 1.86 bits per heavy atom. The molecule has 1 saturated carbocycles. The fourth-order valence-corrected chi connectivity index (χ4v) is 3.65. The Hall–Kier alpha value is -3.18. The Morgan fingerprint density at radius 1 is 1.10 bits per heavy atom. The van der Waals surface area contributed by atoms with Gasteiger partial charge in [0.05, 0.1) is 10.9 Å². The molecule has 0 aliphatic heterocycles. The summed E-state index contributed by atoms with van der Waals surface area (Å²) in [5.74, 6) is 0.194. The third-order valence-corrected chi connectivity index (χ3v) is 5.52. The topological polar surface area (TPSA) is 68.0 Å². The highest BCUT2D eigenvalue weighted by molar-refractivity contribution is 6.31. The molecule has 2 heterocycles. The molecule has 0 unspecified atom stereocenters. The van der Waals surface area contributed by atoms with Gasteiger partial charge in [0.15, 0.2) is 0 Å². The van der Waals surface area contributed by atoms with E-state index in [0.717, 1.165) is 29.7 Å². The maximum atomic E-state index is 13.2. The lowest BCUT2D eigenvalue weighted by Crippen LogP contribution is -2.23. The second kappa shape index (κ2) is 7.33. The van der Waals surface area contributed by atoms with Gasteiger partial charge >= 0.3 is 0 Å². The molecule has 1 amide bonds. The van der Waals surface area contributed by atoms with Crippen LogP contribution in [0.1, 0.15) is 40.4 Å². The first-order valence-electron chi connectivity index (χ1n) is 9.58. The number of aromatic nitrogens is 2. The molecule has 1 aliphatic carbocycles. The highest BCUT2D eigenvalue weighted by Crippen LogP contribution is 2.41. The van der Waals surface area contributed by atoms with E-state index in [0.29, 0.717) is 39.8 Å². The van der Waals surface area contributed by atoms with Crippen molar-refractivity contribution in [1.82, 2.24) is 15.5 Å². The van der Waals surface area contributed by atoms with Crippen LogP contribution in [0.3, 0.4) is 0 Å². The minimum Gasteiger partial charge on any atom is -0.348 e. The smallest absolute Gasteiger partial charge is 0.259 e.